The van der Waals surface area contributed by atoms with Crippen molar-refractivity contribution in [3.8, 4) is 0 Å². The molecule has 1 amide bonds. The summed E-state index contributed by atoms with van der Waals surface area (Å²) in [6.45, 7) is 5.74. The average Bonchev–Trinajstić information content (AvgIpc) is 2.64. The lowest BCUT2D eigenvalue weighted by Gasteiger charge is -2.35. The number of esters is 1. The molecule has 0 N–H and O–H groups in total. The predicted octanol–water partition coefficient (Wildman–Crippen LogP) is 5.74. The van der Waals surface area contributed by atoms with Crippen molar-refractivity contribution < 1.29 is 14.3 Å². The number of amides is 1. The van der Waals surface area contributed by atoms with Crippen LogP contribution in [0.15, 0.2) is 59.8 Å². The van der Waals surface area contributed by atoms with Crippen molar-refractivity contribution in [2.45, 2.75) is 45.8 Å². The van der Waals surface area contributed by atoms with E-state index in [0.717, 1.165) is 11.1 Å². The summed E-state index contributed by atoms with van der Waals surface area (Å²) in [5, 5.41) is 1.16. The van der Waals surface area contributed by atoms with E-state index in [4.69, 9.17) is 27.9 Å². The molecule has 1 heterocycles. The van der Waals surface area contributed by atoms with Crippen molar-refractivity contribution >= 4 is 35.1 Å². The van der Waals surface area contributed by atoms with Crippen LogP contribution in [0.5, 0.6) is 0 Å². The molecule has 1 atom stereocenters. The van der Waals surface area contributed by atoms with Crippen LogP contribution in [0.25, 0.3) is 0 Å². The van der Waals surface area contributed by atoms with E-state index in [1.54, 1.807) is 43.9 Å². The zero-order chi connectivity index (χ0) is 21.1. The van der Waals surface area contributed by atoms with E-state index in [9.17, 15) is 9.59 Å². The highest BCUT2D eigenvalue weighted by Gasteiger charge is 2.37. The maximum atomic E-state index is 13.0. The van der Waals surface area contributed by atoms with Gasteiger partial charge in [-0.25, -0.2) is 4.79 Å². The van der Waals surface area contributed by atoms with Crippen LogP contribution in [0.3, 0.4) is 0 Å². The normalized spacial score (nSPS) is 17.1. The second kappa shape index (κ2) is 9.02. The van der Waals surface area contributed by atoms with Gasteiger partial charge in [0, 0.05) is 28.1 Å². The van der Waals surface area contributed by atoms with Crippen LogP contribution in [0, 0.1) is 0 Å². The largest absolute Gasteiger partial charge is 0.460 e. The third-order valence-electron chi connectivity index (χ3n) is 4.87. The van der Waals surface area contributed by atoms with Gasteiger partial charge >= 0.3 is 5.97 Å². The van der Waals surface area contributed by atoms with E-state index in [0.29, 0.717) is 27.9 Å². The Hall–Kier alpha value is -2.30. The Bertz CT molecular complexity index is 968. The molecule has 2 aromatic carbocycles. The maximum absolute atomic E-state index is 13.0. The molecule has 0 aromatic heterocycles. The predicted molar refractivity (Wildman–Crippen MR) is 115 cm³/mol. The molecule has 3 rings (SSSR count). The van der Waals surface area contributed by atoms with E-state index < -0.39 is 11.9 Å². The number of benzene rings is 2. The SMILES string of the molecule is CC1=C(C(=O)OC(C)C)C(c2cccc(Cl)c2)CC(=O)N1Cc1cccc(Cl)c1. The lowest BCUT2D eigenvalue weighted by Crippen LogP contribution is -2.38. The van der Waals surface area contributed by atoms with Gasteiger partial charge in [-0.15, -0.1) is 0 Å². The summed E-state index contributed by atoms with van der Waals surface area (Å²) in [7, 11) is 0. The van der Waals surface area contributed by atoms with Gasteiger partial charge in [-0.1, -0.05) is 47.5 Å². The quantitative estimate of drug-likeness (QED) is 0.567. The van der Waals surface area contributed by atoms with Crippen LogP contribution in [0.1, 0.15) is 44.2 Å². The molecule has 0 fully saturated rings. The minimum absolute atomic E-state index is 0.0615. The first-order valence-corrected chi connectivity index (χ1v) is 10.2. The van der Waals surface area contributed by atoms with Gasteiger partial charge in [-0.2, -0.15) is 0 Å². The van der Waals surface area contributed by atoms with Crippen LogP contribution >= 0.6 is 23.2 Å². The van der Waals surface area contributed by atoms with Crippen LogP contribution in [-0.4, -0.2) is 22.9 Å². The van der Waals surface area contributed by atoms with Crippen molar-refractivity contribution in [1.82, 2.24) is 4.90 Å². The van der Waals surface area contributed by atoms with Crippen LogP contribution in [-0.2, 0) is 20.9 Å². The number of allylic oxidation sites excluding steroid dienone is 1. The fraction of sp³-hybridized carbons (Fsp3) is 0.304. The first-order chi connectivity index (χ1) is 13.8. The zero-order valence-corrected chi connectivity index (χ0v) is 18.1. The van der Waals surface area contributed by atoms with E-state index in [1.165, 1.54) is 0 Å². The Morgan fingerprint density at radius 2 is 1.79 bits per heavy atom. The molecule has 152 valence electrons. The third kappa shape index (κ3) is 5.01. The van der Waals surface area contributed by atoms with Crippen molar-refractivity contribution in [1.29, 1.82) is 0 Å². The molecular weight excluding hydrogens is 409 g/mol. The first-order valence-electron chi connectivity index (χ1n) is 9.48. The van der Waals surface area contributed by atoms with Crippen LogP contribution in [0.4, 0.5) is 0 Å². The number of carbonyl (C=O) groups excluding carboxylic acids is 2. The van der Waals surface area contributed by atoms with Gasteiger partial charge in [0.1, 0.15) is 0 Å². The lowest BCUT2D eigenvalue weighted by molar-refractivity contribution is -0.143. The van der Waals surface area contributed by atoms with Gasteiger partial charge in [-0.05, 0) is 56.2 Å². The van der Waals surface area contributed by atoms with E-state index in [2.05, 4.69) is 0 Å². The van der Waals surface area contributed by atoms with Gasteiger partial charge in [0.25, 0.3) is 0 Å². The number of hydrogen-bond acceptors (Lipinski definition) is 3. The standard InChI is InChI=1S/C23H23Cl2NO3/c1-14(2)29-23(28)22-15(3)26(13-16-6-4-8-18(24)10-16)21(27)12-20(22)17-7-5-9-19(25)11-17/h4-11,14,20H,12-13H2,1-3H3. The number of carbonyl (C=O) groups is 2. The number of halogens is 2. The lowest BCUT2D eigenvalue weighted by atomic mass is 9.83. The van der Waals surface area contributed by atoms with E-state index in [1.807, 2.05) is 30.3 Å². The molecule has 0 aliphatic carbocycles. The van der Waals surface area contributed by atoms with Gasteiger partial charge in [0.05, 0.1) is 18.2 Å². The Labute approximate surface area is 181 Å². The third-order valence-corrected chi connectivity index (χ3v) is 5.34. The molecule has 1 aliphatic heterocycles. The zero-order valence-electron chi connectivity index (χ0n) is 16.6. The molecule has 0 bridgehead atoms. The number of ether oxygens (including phenoxy) is 1. The molecule has 0 spiro atoms. The Kier molecular flexibility index (Phi) is 6.66. The highest BCUT2D eigenvalue weighted by molar-refractivity contribution is 6.30. The van der Waals surface area contributed by atoms with Crippen molar-refractivity contribution in [3.63, 3.8) is 0 Å². The van der Waals surface area contributed by atoms with E-state index >= 15 is 0 Å². The average molecular weight is 432 g/mol. The molecule has 6 heteroatoms. The minimum Gasteiger partial charge on any atom is -0.460 e. The molecule has 1 aliphatic rings. The molecule has 29 heavy (non-hydrogen) atoms. The van der Waals surface area contributed by atoms with Crippen molar-refractivity contribution in [2.24, 2.45) is 0 Å². The second-order valence-electron chi connectivity index (χ2n) is 7.37. The molecule has 0 saturated carbocycles. The summed E-state index contributed by atoms with van der Waals surface area (Å²) in [6.07, 6.45) is -0.0948. The topological polar surface area (TPSA) is 46.6 Å². The maximum Gasteiger partial charge on any atom is 0.336 e. The van der Waals surface area contributed by atoms with Crippen LogP contribution in [0.2, 0.25) is 10.0 Å². The Morgan fingerprint density at radius 1 is 1.14 bits per heavy atom. The fourth-order valence-corrected chi connectivity index (χ4v) is 3.98. The van der Waals surface area contributed by atoms with Crippen molar-refractivity contribution in [2.75, 3.05) is 0 Å². The summed E-state index contributed by atoms with van der Waals surface area (Å²) in [4.78, 5) is 27.6. The summed E-state index contributed by atoms with van der Waals surface area (Å²) in [5.74, 6) is -0.873. The van der Waals surface area contributed by atoms with Gasteiger partial charge in [-0.3, -0.25) is 4.79 Å². The summed E-state index contributed by atoms with van der Waals surface area (Å²) in [6, 6.07) is 14.6. The van der Waals surface area contributed by atoms with Crippen LogP contribution < -0.4 is 0 Å². The molecule has 4 nitrogen and oxygen atoms in total. The number of rotatable bonds is 5. The summed E-state index contributed by atoms with van der Waals surface area (Å²) >= 11 is 12.2. The Morgan fingerprint density at radius 3 is 2.41 bits per heavy atom. The summed E-state index contributed by atoms with van der Waals surface area (Å²) in [5.41, 5.74) is 2.80. The molecule has 0 saturated heterocycles. The van der Waals surface area contributed by atoms with E-state index in [-0.39, 0.29) is 18.4 Å². The highest BCUT2D eigenvalue weighted by atomic mass is 35.5. The minimum atomic E-state index is -0.411. The van der Waals surface area contributed by atoms with Gasteiger partial charge in [0.2, 0.25) is 5.91 Å². The molecule has 1 unspecified atom stereocenters. The Balaban J connectivity index is 2.04. The molecular formula is C23H23Cl2NO3. The van der Waals surface area contributed by atoms with Gasteiger partial charge < -0.3 is 9.64 Å². The highest BCUT2D eigenvalue weighted by Crippen LogP contribution is 2.38. The van der Waals surface area contributed by atoms with Crippen molar-refractivity contribution in [3.05, 3.63) is 81.0 Å². The monoisotopic (exact) mass is 431 g/mol. The molecule has 0 radical (unpaired) electrons. The van der Waals surface area contributed by atoms with Gasteiger partial charge in [0.15, 0.2) is 0 Å². The number of hydrogen-bond donors (Lipinski definition) is 0. The first kappa shape index (κ1) is 21.4. The smallest absolute Gasteiger partial charge is 0.336 e. The number of nitrogens with zero attached hydrogens (tertiary/aromatic N) is 1. The summed E-state index contributed by atoms with van der Waals surface area (Å²) < 4.78 is 5.51. The molecule has 2 aromatic rings. The second-order valence-corrected chi connectivity index (χ2v) is 8.25. The fourth-order valence-electron chi connectivity index (χ4n) is 3.57.